The number of nitrogens with one attached hydrogen (secondary N) is 1. The van der Waals surface area contributed by atoms with Gasteiger partial charge in [-0.3, -0.25) is 0 Å². The predicted molar refractivity (Wildman–Crippen MR) is 107 cm³/mol. The standard InChI is InChI=1S/C20H26F3N5O/c1-5-14-10-16(26-19-24-12-15(13(2)25-19)20(21,22)23)18(29-4)11-17(14)28-8-6-27(3)7-9-28/h10-12H,5-9H2,1-4H3,(H,24,25,26). The van der Waals surface area contributed by atoms with Gasteiger partial charge in [-0.1, -0.05) is 6.92 Å². The highest BCUT2D eigenvalue weighted by Crippen LogP contribution is 2.36. The van der Waals surface area contributed by atoms with E-state index in [4.69, 9.17) is 4.74 Å². The SMILES string of the molecule is CCc1cc(Nc2ncc(C(F)(F)F)c(C)n2)c(OC)cc1N1CCN(C)CC1. The molecule has 9 heteroatoms. The van der Waals surface area contributed by atoms with E-state index in [-0.39, 0.29) is 11.6 Å². The third kappa shape index (κ3) is 4.72. The largest absolute Gasteiger partial charge is 0.494 e. The first-order valence-corrected chi connectivity index (χ1v) is 9.55. The van der Waals surface area contributed by atoms with Crippen LogP contribution in [0, 0.1) is 6.92 Å². The van der Waals surface area contributed by atoms with E-state index in [0.717, 1.165) is 50.0 Å². The molecule has 0 aliphatic carbocycles. The van der Waals surface area contributed by atoms with Gasteiger partial charge in [0.15, 0.2) is 0 Å². The number of benzene rings is 1. The fourth-order valence-electron chi connectivity index (χ4n) is 3.43. The number of rotatable bonds is 5. The molecular formula is C20H26F3N5O. The van der Waals surface area contributed by atoms with E-state index >= 15 is 0 Å². The van der Waals surface area contributed by atoms with Crippen molar-refractivity contribution in [1.29, 1.82) is 0 Å². The first-order chi connectivity index (χ1) is 13.7. The van der Waals surface area contributed by atoms with Crippen molar-refractivity contribution in [2.45, 2.75) is 26.4 Å². The Morgan fingerprint density at radius 2 is 1.86 bits per heavy atom. The van der Waals surface area contributed by atoms with Crippen molar-refractivity contribution in [2.24, 2.45) is 0 Å². The van der Waals surface area contributed by atoms with E-state index in [0.29, 0.717) is 11.4 Å². The number of anilines is 3. The molecule has 6 nitrogen and oxygen atoms in total. The van der Waals surface area contributed by atoms with Crippen LogP contribution < -0.4 is 15.0 Å². The minimum Gasteiger partial charge on any atom is -0.494 e. The lowest BCUT2D eigenvalue weighted by atomic mass is 10.1. The highest BCUT2D eigenvalue weighted by Gasteiger charge is 2.33. The highest BCUT2D eigenvalue weighted by atomic mass is 19.4. The molecule has 0 bridgehead atoms. The molecule has 0 unspecified atom stereocenters. The first kappa shape index (κ1) is 21.2. The number of hydrogen-bond acceptors (Lipinski definition) is 6. The Balaban J connectivity index is 1.91. The van der Waals surface area contributed by atoms with Crippen LogP contribution >= 0.6 is 0 Å². The second-order valence-corrected chi connectivity index (χ2v) is 7.14. The molecule has 158 valence electrons. The number of likely N-dealkylation sites (N-methyl/N-ethyl adjacent to an activating group) is 1. The van der Waals surface area contributed by atoms with E-state index < -0.39 is 11.7 Å². The smallest absolute Gasteiger partial charge is 0.419 e. The average molecular weight is 409 g/mol. The number of nitrogens with zero attached hydrogens (tertiary/aromatic N) is 4. The van der Waals surface area contributed by atoms with Gasteiger partial charge in [0.1, 0.15) is 5.75 Å². The zero-order valence-electron chi connectivity index (χ0n) is 17.1. The van der Waals surface area contributed by atoms with Crippen molar-refractivity contribution in [3.05, 3.63) is 35.2 Å². The Labute approximate surface area is 168 Å². The Kier molecular flexibility index (Phi) is 6.16. The second kappa shape index (κ2) is 8.44. The molecule has 0 atom stereocenters. The topological polar surface area (TPSA) is 53.5 Å². The first-order valence-electron chi connectivity index (χ1n) is 9.55. The van der Waals surface area contributed by atoms with Crippen molar-refractivity contribution in [3.63, 3.8) is 0 Å². The van der Waals surface area contributed by atoms with E-state index in [1.165, 1.54) is 6.92 Å². The third-order valence-electron chi connectivity index (χ3n) is 5.16. The molecule has 2 aromatic rings. The fourth-order valence-corrected chi connectivity index (χ4v) is 3.43. The van der Waals surface area contributed by atoms with E-state index in [1.807, 2.05) is 12.1 Å². The van der Waals surface area contributed by atoms with Gasteiger partial charge in [-0.2, -0.15) is 13.2 Å². The lowest BCUT2D eigenvalue weighted by Gasteiger charge is -2.35. The number of halogens is 3. The summed E-state index contributed by atoms with van der Waals surface area (Å²) in [5, 5.41) is 3.01. The number of aryl methyl sites for hydroxylation is 2. The maximum atomic E-state index is 12.9. The van der Waals surface area contributed by atoms with Crippen LogP contribution in [0.3, 0.4) is 0 Å². The van der Waals surface area contributed by atoms with Gasteiger partial charge < -0.3 is 19.9 Å². The maximum absolute atomic E-state index is 12.9. The molecule has 0 radical (unpaired) electrons. The number of ether oxygens (including phenoxy) is 1. The summed E-state index contributed by atoms with van der Waals surface area (Å²) in [4.78, 5) is 12.4. The van der Waals surface area contributed by atoms with Crippen molar-refractivity contribution < 1.29 is 17.9 Å². The van der Waals surface area contributed by atoms with Gasteiger partial charge in [0.2, 0.25) is 5.95 Å². The summed E-state index contributed by atoms with van der Waals surface area (Å²) < 4.78 is 44.4. The monoisotopic (exact) mass is 409 g/mol. The van der Waals surface area contributed by atoms with E-state index in [1.54, 1.807) is 7.11 Å². The molecule has 1 N–H and O–H groups in total. The summed E-state index contributed by atoms with van der Waals surface area (Å²) in [6.45, 7) is 7.24. The summed E-state index contributed by atoms with van der Waals surface area (Å²) in [6.07, 6.45) is -2.86. The maximum Gasteiger partial charge on any atom is 0.419 e. The summed E-state index contributed by atoms with van der Waals surface area (Å²) >= 11 is 0. The van der Waals surface area contributed by atoms with Gasteiger partial charge >= 0.3 is 6.18 Å². The molecule has 1 saturated heterocycles. The molecular weight excluding hydrogens is 383 g/mol. The van der Waals surface area contributed by atoms with Crippen LogP contribution in [0.25, 0.3) is 0 Å². The van der Waals surface area contributed by atoms with Crippen LogP contribution in [-0.2, 0) is 12.6 Å². The van der Waals surface area contributed by atoms with Crippen LogP contribution in [0.15, 0.2) is 18.3 Å². The van der Waals surface area contributed by atoms with Crippen LogP contribution in [0.4, 0.5) is 30.5 Å². The highest BCUT2D eigenvalue weighted by molar-refractivity contribution is 5.71. The number of aromatic nitrogens is 2. The molecule has 1 aliphatic heterocycles. The van der Waals surface area contributed by atoms with Crippen molar-refractivity contribution >= 4 is 17.3 Å². The molecule has 3 rings (SSSR count). The van der Waals surface area contributed by atoms with Gasteiger partial charge in [0.25, 0.3) is 0 Å². The Hall–Kier alpha value is -2.55. The van der Waals surface area contributed by atoms with Crippen LogP contribution in [-0.4, -0.2) is 55.2 Å². The zero-order chi connectivity index (χ0) is 21.2. The third-order valence-corrected chi connectivity index (χ3v) is 5.16. The van der Waals surface area contributed by atoms with Crippen molar-refractivity contribution in [2.75, 3.05) is 50.6 Å². The molecule has 2 heterocycles. The number of hydrogen-bond donors (Lipinski definition) is 1. The predicted octanol–water partition coefficient (Wildman–Crippen LogP) is 3.87. The van der Waals surface area contributed by atoms with E-state index in [2.05, 4.69) is 39.1 Å². The molecule has 0 spiro atoms. The quantitative estimate of drug-likeness (QED) is 0.809. The lowest BCUT2D eigenvalue weighted by molar-refractivity contribution is -0.138. The molecule has 1 fully saturated rings. The van der Waals surface area contributed by atoms with Crippen LogP contribution in [0.5, 0.6) is 5.75 Å². The number of methoxy groups -OCH3 is 1. The van der Waals surface area contributed by atoms with Crippen LogP contribution in [0.1, 0.15) is 23.7 Å². The minimum atomic E-state index is -4.47. The van der Waals surface area contributed by atoms with Crippen LogP contribution in [0.2, 0.25) is 0 Å². The molecule has 29 heavy (non-hydrogen) atoms. The summed E-state index contributed by atoms with van der Waals surface area (Å²) in [5.41, 5.74) is 1.91. The van der Waals surface area contributed by atoms with Crippen molar-refractivity contribution in [3.8, 4) is 5.75 Å². The van der Waals surface area contributed by atoms with Gasteiger partial charge in [0, 0.05) is 44.1 Å². The Bertz CT molecular complexity index is 864. The van der Waals surface area contributed by atoms with Gasteiger partial charge in [-0.05, 0) is 32.0 Å². The van der Waals surface area contributed by atoms with Gasteiger partial charge in [-0.15, -0.1) is 0 Å². The molecule has 0 amide bonds. The molecule has 0 saturated carbocycles. The second-order valence-electron chi connectivity index (χ2n) is 7.14. The number of piperazine rings is 1. The average Bonchev–Trinajstić information content (AvgIpc) is 2.67. The van der Waals surface area contributed by atoms with Gasteiger partial charge in [-0.25, -0.2) is 9.97 Å². The van der Waals surface area contributed by atoms with Crippen molar-refractivity contribution in [1.82, 2.24) is 14.9 Å². The Morgan fingerprint density at radius 3 is 2.41 bits per heavy atom. The zero-order valence-corrected chi connectivity index (χ0v) is 17.1. The molecule has 1 aromatic carbocycles. The summed E-state index contributed by atoms with van der Waals surface area (Å²) in [5.74, 6) is 0.695. The fraction of sp³-hybridized carbons (Fsp3) is 0.500. The van der Waals surface area contributed by atoms with E-state index in [9.17, 15) is 13.2 Å². The lowest BCUT2D eigenvalue weighted by Crippen LogP contribution is -2.44. The summed E-state index contributed by atoms with van der Waals surface area (Å²) in [7, 11) is 3.68. The molecule has 1 aliphatic rings. The molecule has 1 aromatic heterocycles. The number of alkyl halides is 3. The normalized spacial score (nSPS) is 15.5. The van der Waals surface area contributed by atoms with Gasteiger partial charge in [0.05, 0.1) is 24.1 Å². The Morgan fingerprint density at radius 1 is 1.17 bits per heavy atom. The minimum absolute atomic E-state index is 0.100. The summed E-state index contributed by atoms with van der Waals surface area (Å²) in [6, 6.07) is 3.94.